The lowest BCUT2D eigenvalue weighted by atomic mass is 9.99. The number of hydrogen-bond donors (Lipinski definition) is 1. The molecule has 0 radical (unpaired) electrons. The third-order valence-corrected chi connectivity index (χ3v) is 6.48. The van der Waals surface area contributed by atoms with E-state index in [0.717, 1.165) is 57.6 Å². The SMILES string of the molecule is Cc1cc2cc(CCCS(C)=O)cc(COc3ccc(CCC(=O)O)c(C)c3C)c2o1. The standard InChI is InChI=1S/C25H30O5S/c1-16-12-21-13-19(6-5-11-31(4)28)14-22(25(21)30-16)15-29-23-9-7-20(8-10-24(26)27)17(2)18(23)3/h7,9,12-14H,5-6,8,10-11,15H2,1-4H3,(H,26,27). The molecule has 1 N–H and O–H groups in total. The Morgan fingerprint density at radius 3 is 2.55 bits per heavy atom. The molecule has 6 heteroatoms. The van der Waals surface area contributed by atoms with Crippen molar-refractivity contribution in [3.05, 3.63) is 63.9 Å². The summed E-state index contributed by atoms with van der Waals surface area (Å²) in [6.07, 6.45) is 4.11. The maximum atomic E-state index is 11.4. The summed E-state index contributed by atoms with van der Waals surface area (Å²) in [4.78, 5) is 10.9. The van der Waals surface area contributed by atoms with Gasteiger partial charge in [-0.25, -0.2) is 0 Å². The van der Waals surface area contributed by atoms with Crippen molar-refractivity contribution in [1.29, 1.82) is 0 Å². The first-order chi connectivity index (χ1) is 14.7. The molecule has 1 aromatic heterocycles. The van der Waals surface area contributed by atoms with E-state index in [2.05, 4.69) is 12.1 Å². The van der Waals surface area contributed by atoms with Gasteiger partial charge in [-0.1, -0.05) is 6.07 Å². The van der Waals surface area contributed by atoms with Gasteiger partial charge in [0.2, 0.25) is 0 Å². The van der Waals surface area contributed by atoms with Crippen LogP contribution in [0.15, 0.2) is 34.7 Å². The summed E-state index contributed by atoms with van der Waals surface area (Å²) in [5.74, 6) is 1.55. The molecule has 1 unspecified atom stereocenters. The molecule has 0 bridgehead atoms. The molecule has 0 spiro atoms. The molecule has 0 saturated heterocycles. The lowest BCUT2D eigenvalue weighted by molar-refractivity contribution is -0.136. The molecule has 31 heavy (non-hydrogen) atoms. The summed E-state index contributed by atoms with van der Waals surface area (Å²) in [6.45, 7) is 6.33. The number of benzene rings is 2. The van der Waals surface area contributed by atoms with Gasteiger partial charge in [-0.3, -0.25) is 9.00 Å². The molecule has 0 aliphatic rings. The van der Waals surface area contributed by atoms with Crippen LogP contribution in [0, 0.1) is 20.8 Å². The Labute approximate surface area is 185 Å². The third kappa shape index (κ3) is 5.97. The molecular formula is C25H30O5S. The Bertz CT molecular complexity index is 1110. The van der Waals surface area contributed by atoms with Crippen molar-refractivity contribution in [2.45, 2.75) is 53.1 Å². The van der Waals surface area contributed by atoms with Gasteiger partial charge < -0.3 is 14.3 Å². The number of carbonyl (C=O) groups is 1. The zero-order chi connectivity index (χ0) is 22.5. The molecule has 0 fully saturated rings. The average Bonchev–Trinajstić information content (AvgIpc) is 3.08. The zero-order valence-electron chi connectivity index (χ0n) is 18.6. The Morgan fingerprint density at radius 1 is 1.06 bits per heavy atom. The predicted molar refractivity (Wildman–Crippen MR) is 124 cm³/mol. The molecule has 3 aromatic rings. The monoisotopic (exact) mass is 442 g/mol. The van der Waals surface area contributed by atoms with E-state index in [1.54, 1.807) is 6.26 Å². The highest BCUT2D eigenvalue weighted by atomic mass is 32.2. The minimum Gasteiger partial charge on any atom is -0.488 e. The highest BCUT2D eigenvalue weighted by molar-refractivity contribution is 7.84. The molecule has 1 atom stereocenters. The van der Waals surface area contributed by atoms with Crippen LogP contribution in [0.25, 0.3) is 11.0 Å². The van der Waals surface area contributed by atoms with Gasteiger partial charge >= 0.3 is 5.97 Å². The highest BCUT2D eigenvalue weighted by Gasteiger charge is 2.13. The van der Waals surface area contributed by atoms with Crippen LogP contribution in [0.3, 0.4) is 0 Å². The summed E-state index contributed by atoms with van der Waals surface area (Å²) in [5.41, 5.74) is 6.15. The van der Waals surface area contributed by atoms with Gasteiger partial charge in [-0.15, -0.1) is 0 Å². The Kier molecular flexibility index (Phi) is 7.55. The van der Waals surface area contributed by atoms with Gasteiger partial charge in [0.05, 0.1) is 0 Å². The van der Waals surface area contributed by atoms with E-state index < -0.39 is 16.8 Å². The number of rotatable bonds is 10. The summed E-state index contributed by atoms with van der Waals surface area (Å²) in [6, 6.07) is 10.2. The second-order valence-corrected chi connectivity index (χ2v) is 9.62. The Morgan fingerprint density at radius 2 is 1.84 bits per heavy atom. The number of carboxylic acid groups (broad SMARTS) is 1. The molecule has 0 saturated carbocycles. The number of fused-ring (bicyclic) bond motifs is 1. The molecule has 0 aliphatic heterocycles. The first-order valence-electron chi connectivity index (χ1n) is 10.5. The fourth-order valence-corrected chi connectivity index (χ4v) is 4.38. The van der Waals surface area contributed by atoms with Crippen molar-refractivity contribution < 1.29 is 23.3 Å². The largest absolute Gasteiger partial charge is 0.488 e. The van der Waals surface area contributed by atoms with Crippen LogP contribution in [0.2, 0.25) is 0 Å². The Hall–Kier alpha value is -2.60. The average molecular weight is 443 g/mol. The number of hydrogen-bond acceptors (Lipinski definition) is 4. The van der Waals surface area contributed by atoms with Crippen molar-refractivity contribution in [3.8, 4) is 5.75 Å². The van der Waals surface area contributed by atoms with Crippen molar-refractivity contribution in [2.24, 2.45) is 0 Å². The summed E-state index contributed by atoms with van der Waals surface area (Å²) >= 11 is 0. The van der Waals surface area contributed by atoms with Gasteiger partial charge in [-0.2, -0.15) is 0 Å². The van der Waals surface area contributed by atoms with Gasteiger partial charge in [-0.05, 0) is 86.6 Å². The van der Waals surface area contributed by atoms with E-state index in [-0.39, 0.29) is 6.42 Å². The van der Waals surface area contributed by atoms with Crippen LogP contribution in [-0.2, 0) is 35.0 Å². The van der Waals surface area contributed by atoms with Crippen LogP contribution in [0.4, 0.5) is 0 Å². The first-order valence-corrected chi connectivity index (χ1v) is 12.2. The molecule has 3 rings (SSSR count). The van der Waals surface area contributed by atoms with Gasteiger partial charge in [0.25, 0.3) is 0 Å². The van der Waals surface area contributed by atoms with Crippen molar-refractivity contribution >= 4 is 27.7 Å². The number of carboxylic acids is 1. The molecule has 1 heterocycles. The third-order valence-electron chi connectivity index (χ3n) is 5.61. The minimum atomic E-state index is -0.791. The summed E-state index contributed by atoms with van der Waals surface area (Å²) in [7, 11) is -0.783. The van der Waals surface area contributed by atoms with Crippen LogP contribution in [-0.4, -0.2) is 27.3 Å². The minimum absolute atomic E-state index is 0.120. The Balaban J connectivity index is 1.80. The molecule has 5 nitrogen and oxygen atoms in total. The maximum absolute atomic E-state index is 11.4. The summed E-state index contributed by atoms with van der Waals surface area (Å²) < 4.78 is 23.5. The normalized spacial score (nSPS) is 12.3. The van der Waals surface area contributed by atoms with E-state index >= 15 is 0 Å². The fraction of sp³-hybridized carbons (Fsp3) is 0.400. The van der Waals surface area contributed by atoms with E-state index in [1.807, 2.05) is 39.0 Å². The lowest BCUT2D eigenvalue weighted by Crippen LogP contribution is -2.03. The summed E-state index contributed by atoms with van der Waals surface area (Å²) in [5, 5.41) is 10.0. The van der Waals surface area contributed by atoms with E-state index in [9.17, 15) is 9.00 Å². The smallest absolute Gasteiger partial charge is 0.303 e. The van der Waals surface area contributed by atoms with Crippen LogP contribution < -0.4 is 4.74 Å². The number of aryl methyl sites for hydroxylation is 3. The second-order valence-electron chi connectivity index (χ2n) is 8.07. The van der Waals surface area contributed by atoms with Crippen molar-refractivity contribution in [1.82, 2.24) is 0 Å². The first kappa shape index (κ1) is 23.1. The number of aliphatic carboxylic acids is 1. The molecule has 166 valence electrons. The quantitative estimate of drug-likeness (QED) is 0.463. The van der Waals surface area contributed by atoms with E-state index in [1.165, 1.54) is 5.56 Å². The molecule has 2 aromatic carbocycles. The molecular weight excluding hydrogens is 412 g/mol. The van der Waals surface area contributed by atoms with Gasteiger partial charge in [0, 0.05) is 40.2 Å². The predicted octanol–water partition coefficient (Wildman–Crippen LogP) is 5.27. The van der Waals surface area contributed by atoms with Gasteiger partial charge in [0.15, 0.2) is 0 Å². The van der Waals surface area contributed by atoms with E-state index in [0.29, 0.717) is 18.8 Å². The van der Waals surface area contributed by atoms with Crippen LogP contribution in [0.1, 0.15) is 46.4 Å². The van der Waals surface area contributed by atoms with Crippen molar-refractivity contribution in [3.63, 3.8) is 0 Å². The maximum Gasteiger partial charge on any atom is 0.303 e. The topological polar surface area (TPSA) is 76.7 Å². The van der Waals surface area contributed by atoms with Crippen molar-refractivity contribution in [2.75, 3.05) is 12.0 Å². The molecule has 0 amide bonds. The number of furan rings is 1. The van der Waals surface area contributed by atoms with Crippen LogP contribution in [0.5, 0.6) is 5.75 Å². The molecule has 0 aliphatic carbocycles. The second kappa shape index (κ2) is 10.1. The lowest BCUT2D eigenvalue weighted by Gasteiger charge is -2.15. The zero-order valence-corrected chi connectivity index (χ0v) is 19.4. The van der Waals surface area contributed by atoms with E-state index in [4.69, 9.17) is 14.3 Å². The van der Waals surface area contributed by atoms with Crippen LogP contribution >= 0.6 is 0 Å². The number of ether oxygens (including phenoxy) is 1. The van der Waals surface area contributed by atoms with Gasteiger partial charge in [0.1, 0.15) is 23.7 Å². The fourth-order valence-electron chi connectivity index (χ4n) is 3.83. The highest BCUT2D eigenvalue weighted by Crippen LogP contribution is 2.29.